The smallest absolute Gasteiger partial charge is 0.257 e. The molecule has 0 bridgehead atoms. The molecule has 0 unspecified atom stereocenters. The Labute approximate surface area is 212 Å². The van der Waals surface area contributed by atoms with Crippen LogP contribution in [0.1, 0.15) is 0 Å². The molecule has 176 valence electrons. The van der Waals surface area contributed by atoms with Gasteiger partial charge in [0.15, 0.2) is 11.2 Å². The number of carbonyl (C=O) groups excluding carboxylic acids is 2. The van der Waals surface area contributed by atoms with Gasteiger partial charge in [0.2, 0.25) is 11.8 Å². The minimum absolute atomic E-state index is 0.106. The van der Waals surface area contributed by atoms with Gasteiger partial charge in [-0.25, -0.2) is 9.97 Å². The average molecular weight is 525 g/mol. The lowest BCUT2D eigenvalue weighted by Crippen LogP contribution is -2.16. The highest BCUT2D eigenvalue weighted by molar-refractivity contribution is 8.00. The van der Waals surface area contributed by atoms with Crippen molar-refractivity contribution in [1.82, 2.24) is 9.97 Å². The number of halogens is 1. The lowest BCUT2D eigenvalue weighted by Gasteiger charge is -2.09. The fourth-order valence-corrected chi connectivity index (χ4v) is 4.66. The largest absolute Gasteiger partial charge is 0.431 e. The molecule has 0 aliphatic rings. The van der Waals surface area contributed by atoms with Crippen molar-refractivity contribution in [2.45, 2.75) is 10.4 Å². The summed E-state index contributed by atoms with van der Waals surface area (Å²) < 4.78 is 11.2. The predicted molar refractivity (Wildman–Crippen MR) is 138 cm³/mol. The van der Waals surface area contributed by atoms with E-state index < -0.39 is 0 Å². The highest BCUT2D eigenvalue weighted by Gasteiger charge is 2.13. The normalized spacial score (nSPS) is 11.1. The van der Waals surface area contributed by atoms with Gasteiger partial charge in [0.1, 0.15) is 11.0 Å². The minimum Gasteiger partial charge on any atom is -0.431 e. The van der Waals surface area contributed by atoms with E-state index >= 15 is 0 Å². The maximum atomic E-state index is 12.4. The fourth-order valence-electron chi connectivity index (χ4n) is 3.16. The summed E-state index contributed by atoms with van der Waals surface area (Å²) >= 11 is 8.70. The number of aromatic nitrogens is 2. The van der Waals surface area contributed by atoms with Crippen LogP contribution in [0.5, 0.6) is 0 Å². The summed E-state index contributed by atoms with van der Waals surface area (Å²) in [7, 11) is 0. The molecule has 5 rings (SSSR count). The average Bonchev–Trinajstić information content (AvgIpc) is 3.46. The molecule has 3 aromatic carbocycles. The lowest BCUT2D eigenvalue weighted by molar-refractivity contribution is -0.114. The number of oxazole rings is 2. The van der Waals surface area contributed by atoms with Crippen LogP contribution in [0.3, 0.4) is 0 Å². The summed E-state index contributed by atoms with van der Waals surface area (Å²) in [6.45, 7) is 0. The molecular formula is C24H17ClN4O4S2. The SMILES string of the molecule is O=C(CSc1nc2ccccc2o1)Nc1ccc(NC(=O)CSc2nc3ccccc3o2)c(Cl)c1. The number of hydrogen-bond donors (Lipinski definition) is 2. The number of nitrogens with one attached hydrogen (secondary N) is 2. The summed E-state index contributed by atoms with van der Waals surface area (Å²) in [5, 5.41) is 6.67. The lowest BCUT2D eigenvalue weighted by atomic mass is 10.2. The molecular weight excluding hydrogens is 508 g/mol. The van der Waals surface area contributed by atoms with Crippen LogP contribution in [0, 0.1) is 0 Å². The number of hydrogen-bond acceptors (Lipinski definition) is 8. The molecule has 8 nitrogen and oxygen atoms in total. The summed E-state index contributed by atoms with van der Waals surface area (Å²) in [4.78, 5) is 33.3. The summed E-state index contributed by atoms with van der Waals surface area (Å²) in [5.41, 5.74) is 3.77. The zero-order valence-corrected chi connectivity index (χ0v) is 20.4. The van der Waals surface area contributed by atoms with Crippen molar-refractivity contribution in [3.8, 4) is 0 Å². The third-order valence-corrected chi connectivity index (χ3v) is 6.70. The molecule has 11 heteroatoms. The van der Waals surface area contributed by atoms with Crippen LogP contribution < -0.4 is 10.6 Å². The molecule has 2 N–H and O–H groups in total. The van der Waals surface area contributed by atoms with Crippen molar-refractivity contribution < 1.29 is 18.4 Å². The molecule has 0 saturated heterocycles. The maximum absolute atomic E-state index is 12.4. The van der Waals surface area contributed by atoms with E-state index in [4.69, 9.17) is 20.4 Å². The Hall–Kier alpha value is -3.47. The van der Waals surface area contributed by atoms with E-state index in [1.807, 2.05) is 48.5 Å². The van der Waals surface area contributed by atoms with Crippen LogP contribution in [0.25, 0.3) is 22.2 Å². The zero-order valence-electron chi connectivity index (χ0n) is 18.0. The monoisotopic (exact) mass is 524 g/mol. The van der Waals surface area contributed by atoms with Gasteiger partial charge in [-0.2, -0.15) is 0 Å². The van der Waals surface area contributed by atoms with E-state index in [-0.39, 0.29) is 23.3 Å². The van der Waals surface area contributed by atoms with E-state index in [1.165, 1.54) is 23.5 Å². The van der Waals surface area contributed by atoms with Crippen LogP contribution in [-0.4, -0.2) is 33.3 Å². The van der Waals surface area contributed by atoms with Crippen molar-refractivity contribution >= 4 is 80.5 Å². The Morgan fingerprint density at radius 3 is 1.86 bits per heavy atom. The Balaban J connectivity index is 1.12. The van der Waals surface area contributed by atoms with Gasteiger partial charge in [-0.3, -0.25) is 9.59 Å². The van der Waals surface area contributed by atoms with Crippen molar-refractivity contribution in [3.05, 3.63) is 71.8 Å². The van der Waals surface area contributed by atoms with Gasteiger partial charge >= 0.3 is 0 Å². The van der Waals surface area contributed by atoms with E-state index in [0.717, 1.165) is 11.0 Å². The number of benzene rings is 3. The molecule has 0 aliphatic carbocycles. The Morgan fingerprint density at radius 1 is 0.771 bits per heavy atom. The van der Waals surface area contributed by atoms with Crippen molar-refractivity contribution in [2.24, 2.45) is 0 Å². The van der Waals surface area contributed by atoms with Crippen molar-refractivity contribution in [1.29, 1.82) is 0 Å². The second-order valence-corrected chi connectivity index (χ2v) is 9.52. The van der Waals surface area contributed by atoms with E-state index in [0.29, 0.717) is 38.0 Å². The molecule has 5 aromatic rings. The number of nitrogens with zero attached hydrogens (tertiary/aromatic N) is 2. The second-order valence-electron chi connectivity index (χ2n) is 7.26. The molecule has 2 aromatic heterocycles. The number of anilines is 2. The van der Waals surface area contributed by atoms with Crippen molar-refractivity contribution in [2.75, 3.05) is 22.1 Å². The van der Waals surface area contributed by atoms with Gasteiger partial charge in [0, 0.05) is 5.69 Å². The van der Waals surface area contributed by atoms with Crippen LogP contribution in [0.4, 0.5) is 11.4 Å². The van der Waals surface area contributed by atoms with Crippen LogP contribution in [-0.2, 0) is 9.59 Å². The quantitative estimate of drug-likeness (QED) is 0.235. The summed E-state index contributed by atoms with van der Waals surface area (Å²) in [6, 6.07) is 19.7. The van der Waals surface area contributed by atoms with Crippen LogP contribution in [0.2, 0.25) is 5.02 Å². The minimum atomic E-state index is -0.259. The highest BCUT2D eigenvalue weighted by Crippen LogP contribution is 2.28. The molecule has 0 radical (unpaired) electrons. The number of rotatable bonds is 8. The Bertz CT molecular complexity index is 1470. The summed E-state index contributed by atoms with van der Waals surface area (Å²) in [6.07, 6.45) is 0. The molecule has 0 spiro atoms. The first-order valence-electron chi connectivity index (χ1n) is 10.4. The molecule has 0 atom stereocenters. The van der Waals surface area contributed by atoms with E-state index in [1.54, 1.807) is 18.2 Å². The topological polar surface area (TPSA) is 110 Å². The standard InChI is InChI=1S/C24H17ClN4O4S2/c25-15-11-14(26-21(30)12-34-23-28-17-5-1-3-7-19(17)32-23)9-10-16(15)27-22(31)13-35-24-29-18-6-2-4-8-20(18)33-24/h1-11H,12-13H2,(H,26,30)(H,27,31). The number of fused-ring (bicyclic) bond motifs is 2. The van der Waals surface area contributed by atoms with Gasteiger partial charge < -0.3 is 19.5 Å². The summed E-state index contributed by atoms with van der Waals surface area (Å²) in [5.74, 6) is -0.268. The van der Waals surface area contributed by atoms with Crippen molar-refractivity contribution in [3.63, 3.8) is 0 Å². The number of carbonyl (C=O) groups is 2. The molecule has 2 heterocycles. The number of thioether (sulfide) groups is 2. The number of para-hydroxylation sites is 4. The zero-order chi connectivity index (χ0) is 24.2. The van der Waals surface area contributed by atoms with E-state index in [9.17, 15) is 9.59 Å². The third kappa shape index (κ3) is 5.79. The van der Waals surface area contributed by atoms with Gasteiger partial charge in [0.25, 0.3) is 10.4 Å². The Kier molecular flexibility index (Phi) is 6.94. The maximum Gasteiger partial charge on any atom is 0.257 e. The van der Waals surface area contributed by atoms with Crippen LogP contribution in [0.15, 0.2) is 86.0 Å². The number of amides is 2. The van der Waals surface area contributed by atoms with Gasteiger partial charge in [0.05, 0.1) is 22.2 Å². The molecule has 2 amide bonds. The molecule has 0 aliphatic heterocycles. The van der Waals surface area contributed by atoms with Crippen LogP contribution >= 0.6 is 35.1 Å². The first-order chi connectivity index (χ1) is 17.0. The highest BCUT2D eigenvalue weighted by atomic mass is 35.5. The van der Waals surface area contributed by atoms with Gasteiger partial charge in [-0.15, -0.1) is 0 Å². The first kappa shape index (κ1) is 23.3. The fraction of sp³-hybridized carbons (Fsp3) is 0.0833. The van der Waals surface area contributed by atoms with Gasteiger partial charge in [-0.1, -0.05) is 59.4 Å². The molecule has 0 fully saturated rings. The molecule has 35 heavy (non-hydrogen) atoms. The molecule has 0 saturated carbocycles. The predicted octanol–water partition coefficient (Wildman–Crippen LogP) is 6.08. The Morgan fingerprint density at radius 2 is 1.31 bits per heavy atom. The first-order valence-corrected chi connectivity index (χ1v) is 12.7. The van der Waals surface area contributed by atoms with Gasteiger partial charge in [-0.05, 0) is 42.5 Å². The van der Waals surface area contributed by atoms with E-state index in [2.05, 4.69) is 20.6 Å². The second kappa shape index (κ2) is 10.4. The third-order valence-electron chi connectivity index (χ3n) is 4.73.